The van der Waals surface area contributed by atoms with Gasteiger partial charge in [-0.15, -0.1) is 0 Å². The molecule has 3 aromatic carbocycles. The van der Waals surface area contributed by atoms with E-state index >= 15 is 8.78 Å². The molecule has 0 bridgehead atoms. The molecule has 3 aromatic rings. The molecule has 49 heavy (non-hydrogen) atoms. The number of carbonyl (C=O) groups is 2. The predicted molar refractivity (Wildman–Crippen MR) is 178 cm³/mol. The van der Waals surface area contributed by atoms with Crippen molar-refractivity contribution in [1.82, 2.24) is 0 Å². The first-order valence-corrected chi connectivity index (χ1v) is 15.7. The summed E-state index contributed by atoms with van der Waals surface area (Å²) in [6.45, 7) is 10.7. The van der Waals surface area contributed by atoms with E-state index in [1.807, 2.05) is 24.3 Å². The second-order valence-electron chi connectivity index (χ2n) is 11.4. The summed E-state index contributed by atoms with van der Waals surface area (Å²) in [6.07, 6.45) is 6.50. The summed E-state index contributed by atoms with van der Waals surface area (Å²) in [4.78, 5) is 22.7. The molecular formula is C39H39F5O5. The van der Waals surface area contributed by atoms with E-state index in [1.165, 1.54) is 24.3 Å². The van der Waals surface area contributed by atoms with Gasteiger partial charge < -0.3 is 14.2 Å². The summed E-state index contributed by atoms with van der Waals surface area (Å²) in [5.74, 6) is -5.14. The Morgan fingerprint density at radius 2 is 1.18 bits per heavy atom. The number of unbranched alkanes of at least 4 members (excludes halogenated alkanes) is 2. The molecule has 0 spiro atoms. The summed E-state index contributed by atoms with van der Waals surface area (Å²) in [5.41, 5.74) is 0.0343. The Balaban J connectivity index is 1.56. The van der Waals surface area contributed by atoms with Gasteiger partial charge in [0, 0.05) is 16.7 Å². The maximum atomic E-state index is 15.0. The van der Waals surface area contributed by atoms with Crippen molar-refractivity contribution >= 4 is 11.9 Å². The molecule has 0 heterocycles. The fraction of sp³-hybridized carbons (Fsp3) is 0.282. The SMILES string of the molecule is C=C(C)C(=O)OCCC/C=C/Cc1ccc(OC(F)(F)c2c(F)cc(-c3ccc(C/C=C/CCCOC(=O)C(=C)C)cc3F)cc2F)cc1. The third-order valence-corrected chi connectivity index (χ3v) is 7.08. The van der Waals surface area contributed by atoms with Gasteiger partial charge in [-0.3, -0.25) is 0 Å². The molecule has 0 aliphatic heterocycles. The molecule has 0 saturated carbocycles. The lowest BCUT2D eigenvalue weighted by atomic mass is 9.99. The van der Waals surface area contributed by atoms with Crippen molar-refractivity contribution < 1.29 is 45.8 Å². The minimum absolute atomic E-state index is 0.156. The molecule has 5 nitrogen and oxygen atoms in total. The van der Waals surface area contributed by atoms with E-state index in [-0.39, 0.29) is 30.1 Å². The third kappa shape index (κ3) is 12.2. The highest BCUT2D eigenvalue weighted by Gasteiger charge is 2.41. The first-order valence-electron chi connectivity index (χ1n) is 15.7. The number of allylic oxidation sites excluding steroid dienone is 4. The van der Waals surface area contributed by atoms with Crippen LogP contribution in [0.3, 0.4) is 0 Å². The Morgan fingerprint density at radius 3 is 1.67 bits per heavy atom. The normalized spacial score (nSPS) is 11.6. The van der Waals surface area contributed by atoms with Gasteiger partial charge in [0.25, 0.3) is 0 Å². The summed E-state index contributed by atoms with van der Waals surface area (Å²) < 4.78 is 89.6. The maximum absolute atomic E-state index is 15.0. The fourth-order valence-electron chi connectivity index (χ4n) is 4.47. The van der Waals surface area contributed by atoms with E-state index in [4.69, 9.17) is 14.2 Å². The second kappa shape index (κ2) is 18.5. The van der Waals surface area contributed by atoms with Crippen LogP contribution in [0, 0.1) is 17.5 Å². The average Bonchev–Trinajstić information content (AvgIpc) is 3.03. The van der Waals surface area contributed by atoms with Gasteiger partial charge in [0.2, 0.25) is 0 Å². The van der Waals surface area contributed by atoms with Crippen molar-refractivity contribution in [3.63, 3.8) is 0 Å². The van der Waals surface area contributed by atoms with Crippen LogP contribution in [0.2, 0.25) is 0 Å². The van der Waals surface area contributed by atoms with Gasteiger partial charge in [0.1, 0.15) is 28.8 Å². The van der Waals surface area contributed by atoms with Crippen LogP contribution in [-0.2, 0) is 38.0 Å². The molecule has 0 aromatic heterocycles. The smallest absolute Gasteiger partial charge is 0.432 e. The van der Waals surface area contributed by atoms with Gasteiger partial charge in [-0.2, -0.15) is 8.78 Å². The van der Waals surface area contributed by atoms with Crippen LogP contribution in [0.5, 0.6) is 5.75 Å². The number of esters is 2. The number of benzene rings is 3. The minimum Gasteiger partial charge on any atom is -0.462 e. The highest BCUT2D eigenvalue weighted by atomic mass is 19.3. The van der Waals surface area contributed by atoms with Gasteiger partial charge in [-0.05, 0) is 99.4 Å². The number of hydrogen-bond acceptors (Lipinski definition) is 5. The van der Waals surface area contributed by atoms with Crippen molar-refractivity contribution in [3.8, 4) is 16.9 Å². The standard InChI is InChI=1S/C39H39F5O5/c1-26(2)37(45)47-21-11-7-5-9-13-28-15-18-31(19-16-28)49-39(43,44)36-34(41)24-30(25-35(36)42)32-20-17-29(23-33(32)40)14-10-6-8-12-22-48-38(46)27(3)4/h5-6,9-10,15-20,23-25H,1,3,7-8,11-14,21-22H2,2,4H3/b9-5+,10-6+. The topological polar surface area (TPSA) is 61.8 Å². The maximum Gasteiger partial charge on any atom is 0.432 e. The van der Waals surface area contributed by atoms with Crippen molar-refractivity contribution in [1.29, 1.82) is 0 Å². The molecule has 3 rings (SSSR count). The number of ether oxygens (including phenoxy) is 3. The van der Waals surface area contributed by atoms with Crippen LogP contribution in [0.4, 0.5) is 22.0 Å². The van der Waals surface area contributed by atoms with E-state index in [2.05, 4.69) is 13.2 Å². The summed E-state index contributed by atoms with van der Waals surface area (Å²) in [5, 5.41) is 0. The summed E-state index contributed by atoms with van der Waals surface area (Å²) in [7, 11) is 0. The Hall–Kier alpha value is -4.99. The lowest BCUT2D eigenvalue weighted by molar-refractivity contribution is -0.189. The van der Waals surface area contributed by atoms with Gasteiger partial charge in [-0.25, -0.2) is 22.8 Å². The number of hydrogen-bond donors (Lipinski definition) is 0. The van der Waals surface area contributed by atoms with Gasteiger partial charge in [0.15, 0.2) is 0 Å². The molecule has 0 aliphatic rings. The molecule has 0 unspecified atom stereocenters. The van der Waals surface area contributed by atoms with Crippen LogP contribution >= 0.6 is 0 Å². The van der Waals surface area contributed by atoms with Crippen LogP contribution in [0.1, 0.15) is 56.2 Å². The quantitative estimate of drug-likeness (QED) is 0.0440. The Kier molecular flexibility index (Phi) is 14.5. The zero-order valence-electron chi connectivity index (χ0n) is 27.5. The lowest BCUT2D eigenvalue weighted by Crippen LogP contribution is -2.25. The van der Waals surface area contributed by atoms with Crippen LogP contribution < -0.4 is 4.74 Å². The number of carbonyl (C=O) groups excluding carboxylic acids is 2. The van der Waals surface area contributed by atoms with Crippen molar-refractivity contribution in [3.05, 3.63) is 137 Å². The number of rotatable bonds is 18. The Bertz CT molecular complexity index is 1670. The molecule has 0 aliphatic carbocycles. The third-order valence-electron chi connectivity index (χ3n) is 7.08. The monoisotopic (exact) mass is 682 g/mol. The highest BCUT2D eigenvalue weighted by molar-refractivity contribution is 5.87. The highest BCUT2D eigenvalue weighted by Crippen LogP contribution is 2.37. The average molecular weight is 683 g/mol. The molecule has 0 radical (unpaired) electrons. The number of alkyl halides is 2. The zero-order chi connectivity index (χ0) is 36.0. The van der Waals surface area contributed by atoms with Crippen LogP contribution in [0.25, 0.3) is 11.1 Å². The lowest BCUT2D eigenvalue weighted by Gasteiger charge is -2.20. The van der Waals surface area contributed by atoms with E-state index in [1.54, 1.807) is 32.0 Å². The van der Waals surface area contributed by atoms with Crippen LogP contribution in [-0.4, -0.2) is 25.2 Å². The van der Waals surface area contributed by atoms with E-state index < -0.39 is 41.1 Å². The van der Waals surface area contributed by atoms with Crippen molar-refractivity contribution in [2.75, 3.05) is 13.2 Å². The number of halogens is 5. The molecule has 0 atom stereocenters. The molecule has 0 N–H and O–H groups in total. The van der Waals surface area contributed by atoms with Gasteiger partial charge in [0.05, 0.1) is 13.2 Å². The molecule has 0 amide bonds. The molecule has 0 saturated heterocycles. The zero-order valence-corrected chi connectivity index (χ0v) is 27.5. The first-order chi connectivity index (χ1) is 23.3. The van der Waals surface area contributed by atoms with E-state index in [9.17, 15) is 22.8 Å². The molecule has 10 heteroatoms. The summed E-state index contributed by atoms with van der Waals surface area (Å²) in [6, 6.07) is 11.0. The molecular weight excluding hydrogens is 643 g/mol. The first kappa shape index (κ1) is 38.5. The molecule has 0 fully saturated rings. The predicted octanol–water partition coefficient (Wildman–Crippen LogP) is 9.90. The second-order valence-corrected chi connectivity index (χ2v) is 11.4. The molecule has 260 valence electrons. The largest absolute Gasteiger partial charge is 0.462 e. The minimum atomic E-state index is -4.36. The Morgan fingerprint density at radius 1 is 0.694 bits per heavy atom. The Labute approximate surface area is 283 Å². The van der Waals surface area contributed by atoms with Gasteiger partial charge in [-0.1, -0.05) is 61.7 Å². The van der Waals surface area contributed by atoms with Crippen molar-refractivity contribution in [2.45, 2.75) is 58.5 Å². The van der Waals surface area contributed by atoms with Gasteiger partial charge >= 0.3 is 18.0 Å². The summed E-state index contributed by atoms with van der Waals surface area (Å²) >= 11 is 0. The van der Waals surface area contributed by atoms with Crippen LogP contribution in [0.15, 0.2) is 103 Å². The van der Waals surface area contributed by atoms with Crippen molar-refractivity contribution in [2.24, 2.45) is 0 Å². The van der Waals surface area contributed by atoms with E-state index in [0.29, 0.717) is 67.4 Å². The fourth-order valence-corrected chi connectivity index (χ4v) is 4.47. The van der Waals surface area contributed by atoms with E-state index in [0.717, 1.165) is 5.56 Å².